The zero-order chi connectivity index (χ0) is 38.5. The number of aromatic nitrogens is 1. The Morgan fingerprint density at radius 2 is 0.776 bits per heavy atom. The van der Waals surface area contributed by atoms with Gasteiger partial charge in [0, 0.05) is 21.9 Å². The van der Waals surface area contributed by atoms with Crippen molar-refractivity contribution in [2.75, 3.05) is 0 Å². The molecule has 0 amide bonds. The zero-order valence-corrected chi connectivity index (χ0v) is 32.5. The molecule has 0 radical (unpaired) electrons. The number of nitrogens with zero attached hydrogens (tertiary/aromatic N) is 1. The number of hydrogen-bond donors (Lipinski definition) is 0. The predicted octanol–water partition coefficient (Wildman–Crippen LogP) is 15.6. The lowest BCUT2D eigenvalue weighted by atomic mass is 9.80. The number of rotatable bonds is 4. The summed E-state index contributed by atoms with van der Waals surface area (Å²) < 4.78 is 2.44. The first-order chi connectivity index (χ1) is 28.6. The quantitative estimate of drug-likeness (QED) is 0.159. The topological polar surface area (TPSA) is 4.93 Å². The van der Waals surface area contributed by atoms with Crippen LogP contribution in [0.15, 0.2) is 200 Å². The van der Waals surface area contributed by atoms with Gasteiger partial charge in [0.2, 0.25) is 0 Å². The molecular weight excluding hydrogens is 699 g/mol. The number of fused-ring (bicyclic) bond motifs is 10. The van der Waals surface area contributed by atoms with Gasteiger partial charge in [0.1, 0.15) is 0 Å². The molecule has 11 aromatic rings. The fourth-order valence-corrected chi connectivity index (χ4v) is 10.3. The highest BCUT2D eigenvalue weighted by molar-refractivity contribution is 6.22. The second-order valence-electron chi connectivity index (χ2n) is 16.4. The second-order valence-corrected chi connectivity index (χ2v) is 16.4. The van der Waals surface area contributed by atoms with Crippen LogP contribution in [0.3, 0.4) is 0 Å². The third-order valence-electron chi connectivity index (χ3n) is 13.0. The highest BCUT2D eigenvalue weighted by atomic mass is 15.0. The average molecular weight is 738 g/mol. The summed E-state index contributed by atoms with van der Waals surface area (Å²) >= 11 is 0. The molecule has 1 aliphatic rings. The summed E-state index contributed by atoms with van der Waals surface area (Å²) in [6, 6.07) is 74.3. The van der Waals surface area contributed by atoms with Crippen LogP contribution in [0.25, 0.3) is 104 Å². The van der Waals surface area contributed by atoms with Crippen LogP contribution in [-0.2, 0) is 5.41 Å². The molecule has 0 aliphatic heterocycles. The minimum absolute atomic E-state index is 0.103. The molecule has 0 fully saturated rings. The summed E-state index contributed by atoms with van der Waals surface area (Å²) in [6.45, 7) is 4.77. The molecule has 0 saturated heterocycles. The Balaban J connectivity index is 1.15. The molecule has 0 atom stereocenters. The third-order valence-corrected chi connectivity index (χ3v) is 13.0. The van der Waals surface area contributed by atoms with Crippen LogP contribution in [0, 0.1) is 0 Å². The molecule has 10 aromatic carbocycles. The molecule has 12 rings (SSSR count). The Labute approximate surface area is 338 Å². The van der Waals surface area contributed by atoms with Crippen LogP contribution in [0.2, 0.25) is 0 Å². The summed E-state index contributed by atoms with van der Waals surface area (Å²) in [4.78, 5) is 0. The summed E-state index contributed by atoms with van der Waals surface area (Å²) in [5.74, 6) is 0. The first-order valence-electron chi connectivity index (χ1n) is 20.4. The van der Waals surface area contributed by atoms with Gasteiger partial charge in [0.05, 0.1) is 11.0 Å². The van der Waals surface area contributed by atoms with E-state index in [1.807, 2.05) is 0 Å². The fourth-order valence-electron chi connectivity index (χ4n) is 10.3. The second kappa shape index (κ2) is 12.4. The minimum Gasteiger partial charge on any atom is -0.309 e. The largest absolute Gasteiger partial charge is 0.309 e. The molecule has 272 valence electrons. The predicted molar refractivity (Wildman–Crippen MR) is 247 cm³/mol. The van der Waals surface area contributed by atoms with Gasteiger partial charge < -0.3 is 4.57 Å². The van der Waals surface area contributed by atoms with Crippen molar-refractivity contribution in [3.8, 4) is 50.2 Å². The van der Waals surface area contributed by atoms with Gasteiger partial charge in [-0.2, -0.15) is 0 Å². The van der Waals surface area contributed by atoms with Crippen molar-refractivity contribution in [2.24, 2.45) is 0 Å². The molecule has 0 saturated carbocycles. The van der Waals surface area contributed by atoms with E-state index in [-0.39, 0.29) is 5.41 Å². The Kier molecular flexibility index (Phi) is 7.04. The molecule has 0 spiro atoms. The van der Waals surface area contributed by atoms with Gasteiger partial charge in [0.15, 0.2) is 0 Å². The Morgan fingerprint density at radius 3 is 1.40 bits per heavy atom. The Morgan fingerprint density at radius 1 is 0.310 bits per heavy atom. The molecule has 1 heterocycles. The van der Waals surface area contributed by atoms with Crippen LogP contribution in [0.4, 0.5) is 0 Å². The van der Waals surface area contributed by atoms with Crippen LogP contribution >= 0.6 is 0 Å². The first-order valence-corrected chi connectivity index (χ1v) is 20.4. The summed E-state index contributed by atoms with van der Waals surface area (Å²) in [7, 11) is 0. The number of hydrogen-bond acceptors (Lipinski definition) is 0. The lowest BCUT2D eigenvalue weighted by molar-refractivity contribution is 0.661. The lowest BCUT2D eigenvalue weighted by Crippen LogP contribution is -2.15. The van der Waals surface area contributed by atoms with Gasteiger partial charge in [-0.05, 0) is 130 Å². The van der Waals surface area contributed by atoms with E-state index >= 15 is 0 Å². The molecule has 0 unspecified atom stereocenters. The maximum atomic E-state index is 2.49. The van der Waals surface area contributed by atoms with Crippen molar-refractivity contribution < 1.29 is 0 Å². The molecule has 1 aliphatic carbocycles. The molecule has 1 heteroatoms. The number of benzene rings is 10. The summed E-state index contributed by atoms with van der Waals surface area (Å²) in [5, 5.41) is 10.2. The molecule has 0 bridgehead atoms. The van der Waals surface area contributed by atoms with Crippen molar-refractivity contribution in [2.45, 2.75) is 19.3 Å². The monoisotopic (exact) mass is 737 g/mol. The highest BCUT2D eigenvalue weighted by Gasteiger charge is 2.37. The molecular formula is C57H39N. The van der Waals surface area contributed by atoms with Gasteiger partial charge in [-0.1, -0.05) is 172 Å². The SMILES string of the molecule is CC1(C)c2ccccc2-c2c1cc(-c1ccc3c(c1)c1cc(-c4c5ccccc5c(-c5ccccc5)c5ccccc45)ccc1n3-c1ccccc1)c1ccccc21. The molecule has 0 N–H and O–H groups in total. The Bertz CT molecular complexity index is 3400. The van der Waals surface area contributed by atoms with Crippen molar-refractivity contribution >= 4 is 54.1 Å². The minimum atomic E-state index is -0.103. The van der Waals surface area contributed by atoms with E-state index in [0.29, 0.717) is 0 Å². The van der Waals surface area contributed by atoms with Gasteiger partial charge in [-0.15, -0.1) is 0 Å². The van der Waals surface area contributed by atoms with E-state index in [2.05, 4.69) is 219 Å². The molecule has 58 heavy (non-hydrogen) atoms. The van der Waals surface area contributed by atoms with E-state index in [4.69, 9.17) is 0 Å². The molecule has 1 nitrogen and oxygen atoms in total. The van der Waals surface area contributed by atoms with Gasteiger partial charge in [0.25, 0.3) is 0 Å². The molecule has 1 aromatic heterocycles. The zero-order valence-electron chi connectivity index (χ0n) is 32.5. The summed E-state index contributed by atoms with van der Waals surface area (Å²) in [5.41, 5.74) is 16.5. The van der Waals surface area contributed by atoms with E-state index in [0.717, 1.165) is 5.69 Å². The normalized spacial score (nSPS) is 13.1. The fraction of sp³-hybridized carbons (Fsp3) is 0.0526. The maximum Gasteiger partial charge on any atom is 0.0541 e. The lowest BCUT2D eigenvalue weighted by Gasteiger charge is -2.23. The van der Waals surface area contributed by atoms with Crippen molar-refractivity contribution in [3.05, 3.63) is 211 Å². The van der Waals surface area contributed by atoms with Crippen molar-refractivity contribution in [1.82, 2.24) is 4.57 Å². The van der Waals surface area contributed by atoms with Crippen LogP contribution in [0.5, 0.6) is 0 Å². The highest BCUT2D eigenvalue weighted by Crippen LogP contribution is 2.53. The van der Waals surface area contributed by atoms with Crippen LogP contribution < -0.4 is 0 Å². The van der Waals surface area contributed by atoms with Crippen molar-refractivity contribution in [3.63, 3.8) is 0 Å². The standard InChI is InChI=1S/C57H39N/c1-57(2)50-28-16-15-27-46(50)56-41-22-10-9-21-40(41)47(35-51(56)57)37-29-31-52-48(33-37)49-34-38(30-32-53(49)58(52)39-19-7-4-8-20-39)55-44-25-13-11-23-42(44)54(36-17-5-3-6-18-36)43-24-12-14-26-45(43)55/h3-35H,1-2H3. The van der Waals surface area contributed by atoms with Crippen molar-refractivity contribution in [1.29, 1.82) is 0 Å². The van der Waals surface area contributed by atoms with E-state index in [1.54, 1.807) is 0 Å². The summed E-state index contributed by atoms with van der Waals surface area (Å²) in [6.07, 6.45) is 0. The smallest absolute Gasteiger partial charge is 0.0541 e. The average Bonchev–Trinajstić information content (AvgIpc) is 3.73. The third kappa shape index (κ3) is 4.65. The van der Waals surface area contributed by atoms with E-state index in [1.165, 1.54) is 110 Å². The van der Waals surface area contributed by atoms with Gasteiger partial charge in [-0.3, -0.25) is 0 Å². The van der Waals surface area contributed by atoms with Gasteiger partial charge >= 0.3 is 0 Å². The Hall–Kier alpha value is -7.22. The number of para-hydroxylation sites is 1. The van der Waals surface area contributed by atoms with Gasteiger partial charge in [-0.25, -0.2) is 0 Å². The van der Waals surface area contributed by atoms with Crippen LogP contribution in [0.1, 0.15) is 25.0 Å². The van der Waals surface area contributed by atoms with Crippen LogP contribution in [-0.4, -0.2) is 4.57 Å². The first kappa shape index (κ1) is 33.0. The maximum absolute atomic E-state index is 2.49. The van der Waals surface area contributed by atoms with E-state index < -0.39 is 0 Å². The van der Waals surface area contributed by atoms with E-state index in [9.17, 15) is 0 Å².